The van der Waals surface area contributed by atoms with E-state index in [0.29, 0.717) is 12.6 Å². The van der Waals surface area contributed by atoms with E-state index < -0.39 is 0 Å². The van der Waals surface area contributed by atoms with Crippen molar-refractivity contribution in [2.24, 2.45) is 17.6 Å². The Balaban J connectivity index is 2.01. The maximum Gasteiger partial charge on any atom is 0.222 e. The summed E-state index contributed by atoms with van der Waals surface area (Å²) in [5.74, 6) is 0.425. The van der Waals surface area contributed by atoms with Gasteiger partial charge in [0, 0.05) is 25.0 Å². The highest BCUT2D eigenvalue weighted by Crippen LogP contribution is 2.41. The Labute approximate surface area is 109 Å². The van der Waals surface area contributed by atoms with Crippen LogP contribution in [0.5, 0.6) is 0 Å². The first-order chi connectivity index (χ1) is 8.61. The molecule has 1 aromatic heterocycles. The third kappa shape index (κ3) is 3.13. The fourth-order valence-electron chi connectivity index (χ4n) is 2.37. The van der Waals surface area contributed by atoms with Crippen molar-refractivity contribution in [1.82, 2.24) is 9.88 Å². The summed E-state index contributed by atoms with van der Waals surface area (Å²) in [5.41, 5.74) is 6.62. The molecular weight excluding hydrogens is 226 g/mol. The van der Waals surface area contributed by atoms with Gasteiger partial charge in [0.1, 0.15) is 0 Å². The van der Waals surface area contributed by atoms with Crippen LogP contribution in [0.3, 0.4) is 0 Å². The lowest BCUT2D eigenvalue weighted by molar-refractivity contribution is -0.121. The molecule has 2 rings (SSSR count). The van der Waals surface area contributed by atoms with Crippen molar-refractivity contribution in [3.8, 4) is 0 Å². The quantitative estimate of drug-likeness (QED) is 0.772. The smallest absolute Gasteiger partial charge is 0.222 e. The van der Waals surface area contributed by atoms with Gasteiger partial charge in [0.25, 0.3) is 0 Å². The molecule has 0 aromatic carbocycles. The minimum absolute atomic E-state index is 0.122. The van der Waals surface area contributed by atoms with Gasteiger partial charge in [-0.3, -0.25) is 4.79 Å². The number of amides is 1. The van der Waals surface area contributed by atoms with Crippen LogP contribution >= 0.6 is 0 Å². The highest BCUT2D eigenvalue weighted by Gasteiger charge is 2.32. The number of hydrogen-bond donors (Lipinski definition) is 2. The fourth-order valence-corrected chi connectivity index (χ4v) is 2.37. The van der Waals surface area contributed by atoms with Crippen LogP contribution in [0.1, 0.15) is 38.3 Å². The molecule has 1 aliphatic carbocycles. The summed E-state index contributed by atoms with van der Waals surface area (Å²) in [5, 5.41) is 3.55. The van der Waals surface area contributed by atoms with Crippen molar-refractivity contribution in [3.63, 3.8) is 0 Å². The molecule has 100 valence electrons. The number of carbonyl (C=O) groups excluding carboxylic acids is 1. The Morgan fingerprint density at radius 3 is 2.89 bits per heavy atom. The van der Waals surface area contributed by atoms with Crippen molar-refractivity contribution >= 4 is 5.91 Å². The lowest BCUT2D eigenvalue weighted by Gasteiger charge is -2.16. The molecule has 0 aliphatic heterocycles. The molecule has 2 unspecified atom stereocenters. The number of rotatable bonds is 7. The number of hydrogen-bond acceptors (Lipinski definition) is 2. The van der Waals surface area contributed by atoms with Crippen LogP contribution in [0.4, 0.5) is 0 Å². The topological polar surface area (TPSA) is 60.1 Å². The Kier molecular flexibility index (Phi) is 4.07. The summed E-state index contributed by atoms with van der Waals surface area (Å²) in [6.45, 7) is 5.66. The van der Waals surface area contributed by atoms with Crippen molar-refractivity contribution in [2.75, 3.05) is 6.54 Å². The second-order valence-corrected chi connectivity index (χ2v) is 5.32. The highest BCUT2D eigenvalue weighted by atomic mass is 16.1. The average molecular weight is 249 g/mol. The van der Waals surface area contributed by atoms with Gasteiger partial charge < -0.3 is 15.6 Å². The van der Waals surface area contributed by atoms with E-state index in [-0.39, 0.29) is 11.8 Å². The van der Waals surface area contributed by atoms with Crippen LogP contribution in [-0.4, -0.2) is 17.0 Å². The Bertz CT molecular complexity index is 409. The lowest BCUT2D eigenvalue weighted by atomic mass is 10.1. The fraction of sp³-hybridized carbons (Fsp3) is 0.643. The summed E-state index contributed by atoms with van der Waals surface area (Å²) >= 11 is 0. The molecule has 1 saturated carbocycles. The van der Waals surface area contributed by atoms with E-state index in [4.69, 9.17) is 5.73 Å². The third-order valence-electron chi connectivity index (χ3n) is 3.62. The third-order valence-corrected chi connectivity index (χ3v) is 3.62. The van der Waals surface area contributed by atoms with E-state index in [1.807, 2.05) is 13.1 Å². The molecule has 1 amide bonds. The van der Waals surface area contributed by atoms with E-state index in [1.165, 1.54) is 18.4 Å². The first-order valence-electron chi connectivity index (χ1n) is 6.80. The van der Waals surface area contributed by atoms with Gasteiger partial charge in [0.05, 0.1) is 5.92 Å². The van der Waals surface area contributed by atoms with Gasteiger partial charge in [-0.05, 0) is 36.9 Å². The molecule has 0 bridgehead atoms. The van der Waals surface area contributed by atoms with Gasteiger partial charge in [0.2, 0.25) is 5.91 Å². The second-order valence-electron chi connectivity index (χ2n) is 5.32. The summed E-state index contributed by atoms with van der Waals surface area (Å²) in [6.07, 6.45) is 6.83. The number of nitrogens with one attached hydrogen (secondary N) is 1. The molecule has 1 fully saturated rings. The molecule has 1 heterocycles. The predicted octanol–water partition coefficient (Wildman–Crippen LogP) is 1.67. The minimum atomic E-state index is -0.240. The van der Waals surface area contributed by atoms with E-state index in [0.717, 1.165) is 12.5 Å². The van der Waals surface area contributed by atoms with Crippen LogP contribution < -0.4 is 11.1 Å². The van der Waals surface area contributed by atoms with Crippen LogP contribution in [0.2, 0.25) is 0 Å². The van der Waals surface area contributed by atoms with E-state index in [1.54, 1.807) is 0 Å². The van der Waals surface area contributed by atoms with E-state index in [2.05, 4.69) is 29.1 Å². The van der Waals surface area contributed by atoms with Gasteiger partial charge in [-0.15, -0.1) is 0 Å². The summed E-state index contributed by atoms with van der Waals surface area (Å²) in [4.78, 5) is 11.1. The van der Waals surface area contributed by atoms with Crippen molar-refractivity contribution in [3.05, 3.63) is 24.0 Å². The largest absolute Gasteiger partial charge is 0.369 e. The molecule has 1 aromatic rings. The molecule has 0 radical (unpaired) electrons. The molecule has 1 aliphatic rings. The molecule has 4 heteroatoms. The number of nitrogens with zero attached hydrogens (tertiary/aromatic N) is 1. The second kappa shape index (κ2) is 5.57. The van der Waals surface area contributed by atoms with Gasteiger partial charge in [-0.25, -0.2) is 0 Å². The number of primary amides is 1. The zero-order valence-corrected chi connectivity index (χ0v) is 11.2. The summed E-state index contributed by atoms with van der Waals surface area (Å²) in [6, 6.07) is 2.62. The minimum Gasteiger partial charge on any atom is -0.369 e. The SMILES string of the molecule is CCNC(c1ccn(CC(C)C(N)=O)c1)C1CC1. The normalized spacial score (nSPS) is 18.6. The van der Waals surface area contributed by atoms with Crippen molar-refractivity contribution in [1.29, 1.82) is 0 Å². The maximum absolute atomic E-state index is 11.1. The first-order valence-corrected chi connectivity index (χ1v) is 6.80. The Hall–Kier alpha value is -1.29. The monoisotopic (exact) mass is 249 g/mol. The van der Waals surface area contributed by atoms with Crippen LogP contribution in [0.15, 0.2) is 18.5 Å². The van der Waals surface area contributed by atoms with E-state index in [9.17, 15) is 4.79 Å². The van der Waals surface area contributed by atoms with Crippen LogP contribution in [0, 0.1) is 11.8 Å². The summed E-state index contributed by atoms with van der Waals surface area (Å²) in [7, 11) is 0. The standard InChI is InChI=1S/C14H23N3O/c1-3-16-13(11-4-5-11)12-6-7-17(9-12)8-10(2)14(15)18/h6-7,9-11,13,16H,3-5,8H2,1-2H3,(H2,15,18). The number of aromatic nitrogens is 1. The van der Waals surface area contributed by atoms with Crippen LogP contribution in [0.25, 0.3) is 0 Å². The molecule has 2 atom stereocenters. The average Bonchev–Trinajstić information content (AvgIpc) is 3.06. The first kappa shape index (κ1) is 13.1. The molecule has 3 N–H and O–H groups in total. The van der Waals surface area contributed by atoms with Crippen LogP contribution in [-0.2, 0) is 11.3 Å². The molecule has 0 saturated heterocycles. The van der Waals surface area contributed by atoms with E-state index >= 15 is 0 Å². The summed E-state index contributed by atoms with van der Waals surface area (Å²) < 4.78 is 2.07. The molecule has 4 nitrogen and oxygen atoms in total. The zero-order valence-electron chi connectivity index (χ0n) is 11.2. The zero-order chi connectivity index (χ0) is 13.1. The Morgan fingerprint density at radius 2 is 2.33 bits per heavy atom. The number of nitrogens with two attached hydrogens (primary N) is 1. The molecule has 18 heavy (non-hydrogen) atoms. The predicted molar refractivity (Wildman–Crippen MR) is 71.9 cm³/mol. The van der Waals surface area contributed by atoms with Crippen molar-refractivity contribution in [2.45, 2.75) is 39.3 Å². The van der Waals surface area contributed by atoms with Gasteiger partial charge in [0.15, 0.2) is 0 Å². The Morgan fingerprint density at radius 1 is 1.61 bits per heavy atom. The van der Waals surface area contributed by atoms with Crippen molar-refractivity contribution < 1.29 is 4.79 Å². The highest BCUT2D eigenvalue weighted by molar-refractivity contribution is 5.76. The van der Waals surface area contributed by atoms with Gasteiger partial charge >= 0.3 is 0 Å². The lowest BCUT2D eigenvalue weighted by Crippen LogP contribution is -2.24. The molecular formula is C14H23N3O. The molecule has 0 spiro atoms. The maximum atomic E-state index is 11.1. The van der Waals surface area contributed by atoms with Gasteiger partial charge in [-0.2, -0.15) is 0 Å². The van der Waals surface area contributed by atoms with Gasteiger partial charge in [-0.1, -0.05) is 13.8 Å². The number of carbonyl (C=O) groups is 1.